The van der Waals surface area contributed by atoms with Crippen molar-refractivity contribution in [2.24, 2.45) is 0 Å². The van der Waals surface area contributed by atoms with Crippen molar-refractivity contribution >= 4 is 17.7 Å². The molecular weight excluding hydrogens is 344 g/mol. The molecule has 0 fully saturated rings. The normalized spacial score (nSPS) is 11.7. The van der Waals surface area contributed by atoms with Crippen molar-refractivity contribution in [2.75, 3.05) is 7.11 Å². The van der Waals surface area contributed by atoms with Crippen molar-refractivity contribution in [2.45, 2.75) is 46.6 Å². The number of ether oxygens (including phenoxy) is 1. The summed E-state index contributed by atoms with van der Waals surface area (Å²) < 4.78 is 4.77. The van der Waals surface area contributed by atoms with E-state index in [1.165, 1.54) is 14.0 Å². The van der Waals surface area contributed by atoms with Crippen LogP contribution < -0.4 is 5.32 Å². The second-order valence-corrected chi connectivity index (χ2v) is 6.61. The Morgan fingerprint density at radius 1 is 1.15 bits per heavy atom. The molecule has 0 aliphatic heterocycles. The number of aromatic amines is 1. The summed E-state index contributed by atoms with van der Waals surface area (Å²) in [5.41, 5.74) is 4.18. The standard InChI is InChI=1S/C21H26N2O4/c1-6-16-19(14(4)24)13(3)22-20(16)21(26)23-17(11-18(25)27-5)15-9-7-12(2)8-10-15/h7-10,17,22H,6,11H2,1-5H3,(H,23,26). The van der Waals surface area contributed by atoms with Gasteiger partial charge in [-0.3, -0.25) is 14.4 Å². The van der Waals surface area contributed by atoms with Gasteiger partial charge in [0.1, 0.15) is 5.69 Å². The minimum atomic E-state index is -0.528. The van der Waals surface area contributed by atoms with E-state index in [0.29, 0.717) is 28.9 Å². The second kappa shape index (κ2) is 8.66. The number of aromatic nitrogens is 1. The van der Waals surface area contributed by atoms with Crippen LogP contribution in [0.3, 0.4) is 0 Å². The molecule has 1 aromatic carbocycles. The fourth-order valence-corrected chi connectivity index (χ4v) is 3.23. The zero-order valence-corrected chi connectivity index (χ0v) is 16.4. The summed E-state index contributed by atoms with van der Waals surface area (Å²) >= 11 is 0. The number of Topliss-reactive ketones (excluding diaryl/α,β-unsaturated/α-hetero) is 1. The molecule has 0 aliphatic rings. The van der Waals surface area contributed by atoms with Gasteiger partial charge in [0.05, 0.1) is 19.6 Å². The molecule has 1 aromatic heterocycles. The number of ketones is 1. The Morgan fingerprint density at radius 2 is 1.78 bits per heavy atom. The molecule has 0 aliphatic carbocycles. The van der Waals surface area contributed by atoms with E-state index in [1.807, 2.05) is 38.1 Å². The zero-order valence-electron chi connectivity index (χ0n) is 16.4. The first-order chi connectivity index (χ1) is 12.8. The molecule has 6 nitrogen and oxygen atoms in total. The molecule has 0 saturated heterocycles. The lowest BCUT2D eigenvalue weighted by atomic mass is 10.0. The molecule has 2 rings (SSSR count). The Bertz CT molecular complexity index is 850. The minimum absolute atomic E-state index is 0.0199. The van der Waals surface area contributed by atoms with Crippen LogP contribution in [0.4, 0.5) is 0 Å². The van der Waals surface area contributed by atoms with Crippen LogP contribution in [0.25, 0.3) is 0 Å². The van der Waals surface area contributed by atoms with Crippen LogP contribution >= 0.6 is 0 Å². The van der Waals surface area contributed by atoms with Crippen molar-refractivity contribution in [3.05, 3.63) is 57.9 Å². The van der Waals surface area contributed by atoms with Crippen LogP contribution in [0.1, 0.15) is 69.5 Å². The Kier molecular flexibility index (Phi) is 6.55. The van der Waals surface area contributed by atoms with Crippen molar-refractivity contribution < 1.29 is 19.1 Å². The molecule has 0 bridgehead atoms. The maximum Gasteiger partial charge on any atom is 0.307 e. The molecule has 1 heterocycles. The maximum absolute atomic E-state index is 12.9. The number of nitrogens with one attached hydrogen (secondary N) is 2. The smallest absolute Gasteiger partial charge is 0.307 e. The van der Waals surface area contributed by atoms with Gasteiger partial charge in [-0.15, -0.1) is 0 Å². The molecule has 1 atom stereocenters. The Hall–Kier alpha value is -2.89. The third-order valence-electron chi connectivity index (χ3n) is 4.61. The van der Waals surface area contributed by atoms with Gasteiger partial charge >= 0.3 is 5.97 Å². The van der Waals surface area contributed by atoms with Crippen LogP contribution in [-0.4, -0.2) is 29.8 Å². The van der Waals surface area contributed by atoms with E-state index in [0.717, 1.165) is 11.1 Å². The summed E-state index contributed by atoms with van der Waals surface area (Å²) in [6.45, 7) is 7.13. The molecule has 1 unspecified atom stereocenters. The first kappa shape index (κ1) is 20.4. The van der Waals surface area contributed by atoms with Gasteiger partial charge in [0.2, 0.25) is 0 Å². The monoisotopic (exact) mass is 370 g/mol. The number of rotatable bonds is 7. The first-order valence-electron chi connectivity index (χ1n) is 8.95. The van der Waals surface area contributed by atoms with Gasteiger partial charge in [-0.25, -0.2) is 0 Å². The van der Waals surface area contributed by atoms with Crippen molar-refractivity contribution in [3.8, 4) is 0 Å². The van der Waals surface area contributed by atoms with Crippen LogP contribution in [0.5, 0.6) is 0 Å². The molecule has 2 aromatic rings. The summed E-state index contributed by atoms with van der Waals surface area (Å²) in [5.74, 6) is -0.843. The van der Waals surface area contributed by atoms with Gasteiger partial charge in [-0.2, -0.15) is 0 Å². The summed E-state index contributed by atoms with van der Waals surface area (Å²) in [5, 5.41) is 2.91. The number of aryl methyl sites for hydroxylation is 2. The molecule has 1 amide bonds. The Labute approximate surface area is 159 Å². The van der Waals surface area contributed by atoms with Gasteiger partial charge in [-0.05, 0) is 38.3 Å². The van der Waals surface area contributed by atoms with Crippen molar-refractivity contribution in [3.63, 3.8) is 0 Å². The van der Waals surface area contributed by atoms with Crippen LogP contribution in [0.15, 0.2) is 24.3 Å². The number of hydrogen-bond donors (Lipinski definition) is 2. The maximum atomic E-state index is 12.9. The van der Waals surface area contributed by atoms with E-state index in [1.54, 1.807) is 6.92 Å². The third-order valence-corrected chi connectivity index (χ3v) is 4.61. The Balaban J connectivity index is 2.36. The van der Waals surface area contributed by atoms with E-state index >= 15 is 0 Å². The molecule has 0 spiro atoms. The number of carbonyl (C=O) groups is 3. The number of benzene rings is 1. The number of amides is 1. The average Bonchev–Trinajstić information content (AvgIpc) is 2.98. The number of methoxy groups -OCH3 is 1. The number of carbonyl (C=O) groups excluding carboxylic acids is 3. The molecule has 2 N–H and O–H groups in total. The summed E-state index contributed by atoms with van der Waals surface area (Å²) in [6, 6.07) is 7.08. The lowest BCUT2D eigenvalue weighted by molar-refractivity contribution is -0.141. The van der Waals surface area contributed by atoms with Crippen molar-refractivity contribution in [1.82, 2.24) is 10.3 Å². The van der Waals surface area contributed by atoms with Crippen molar-refractivity contribution in [1.29, 1.82) is 0 Å². The second-order valence-electron chi connectivity index (χ2n) is 6.61. The fourth-order valence-electron chi connectivity index (χ4n) is 3.23. The van der Waals surface area contributed by atoms with Gasteiger partial charge in [0.25, 0.3) is 5.91 Å². The molecule has 0 saturated carbocycles. The number of hydrogen-bond acceptors (Lipinski definition) is 4. The summed E-state index contributed by atoms with van der Waals surface area (Å²) in [6.07, 6.45) is 0.570. The molecule has 0 radical (unpaired) electrons. The molecule has 6 heteroatoms. The molecule has 144 valence electrons. The predicted octanol–water partition coefficient (Wildman–Crippen LogP) is 3.43. The lowest BCUT2D eigenvalue weighted by Crippen LogP contribution is -2.31. The molecule has 27 heavy (non-hydrogen) atoms. The largest absolute Gasteiger partial charge is 0.469 e. The first-order valence-corrected chi connectivity index (χ1v) is 8.95. The van der Waals surface area contributed by atoms with E-state index in [9.17, 15) is 14.4 Å². The average molecular weight is 370 g/mol. The highest BCUT2D eigenvalue weighted by molar-refractivity contribution is 6.02. The number of esters is 1. The summed E-state index contributed by atoms with van der Waals surface area (Å²) in [4.78, 5) is 39.7. The van der Waals surface area contributed by atoms with Gasteiger partial charge in [0, 0.05) is 11.3 Å². The highest BCUT2D eigenvalue weighted by Crippen LogP contribution is 2.23. The lowest BCUT2D eigenvalue weighted by Gasteiger charge is -2.18. The van der Waals surface area contributed by atoms with E-state index in [2.05, 4.69) is 10.3 Å². The van der Waals surface area contributed by atoms with Crippen LogP contribution in [0, 0.1) is 13.8 Å². The van der Waals surface area contributed by atoms with Gasteiger partial charge in [-0.1, -0.05) is 36.8 Å². The van der Waals surface area contributed by atoms with E-state index < -0.39 is 12.0 Å². The SMILES string of the molecule is CCc1c(C(=O)NC(CC(=O)OC)c2ccc(C)cc2)[nH]c(C)c1C(C)=O. The van der Waals surface area contributed by atoms with E-state index in [-0.39, 0.29) is 18.1 Å². The fraction of sp³-hybridized carbons (Fsp3) is 0.381. The Morgan fingerprint density at radius 3 is 2.30 bits per heavy atom. The highest BCUT2D eigenvalue weighted by Gasteiger charge is 2.25. The quantitative estimate of drug-likeness (QED) is 0.577. The number of H-pyrrole nitrogens is 1. The topological polar surface area (TPSA) is 88.3 Å². The van der Waals surface area contributed by atoms with Crippen LogP contribution in [-0.2, 0) is 16.0 Å². The third kappa shape index (κ3) is 4.64. The summed E-state index contributed by atoms with van der Waals surface area (Å²) in [7, 11) is 1.32. The van der Waals surface area contributed by atoms with E-state index in [4.69, 9.17) is 4.74 Å². The molecular formula is C21H26N2O4. The predicted molar refractivity (Wildman–Crippen MR) is 103 cm³/mol. The minimum Gasteiger partial charge on any atom is -0.469 e. The highest BCUT2D eigenvalue weighted by atomic mass is 16.5. The van der Waals surface area contributed by atoms with Gasteiger partial charge in [0.15, 0.2) is 5.78 Å². The zero-order chi connectivity index (χ0) is 20.1. The van der Waals surface area contributed by atoms with Crippen LogP contribution in [0.2, 0.25) is 0 Å². The van der Waals surface area contributed by atoms with Gasteiger partial charge < -0.3 is 15.0 Å².